The highest BCUT2D eigenvalue weighted by molar-refractivity contribution is 5.70. The molecule has 0 N–H and O–H groups in total. The number of esters is 2. The van der Waals surface area contributed by atoms with Gasteiger partial charge in [-0.25, -0.2) is 0 Å². The first kappa shape index (κ1) is 59.8. The Kier molecular flexibility index (Phi) is 43.0. The van der Waals surface area contributed by atoms with E-state index in [1.807, 2.05) is 36.5 Å². The lowest BCUT2D eigenvalue weighted by molar-refractivity contribution is -0.889. The number of aliphatic carboxylic acids is 1. The Morgan fingerprint density at radius 2 is 0.889 bits per heavy atom. The quantitative estimate of drug-likeness (QED) is 0.0197. The topological polar surface area (TPSA) is 102 Å². The molecule has 0 aliphatic carbocycles. The van der Waals surface area contributed by atoms with Crippen LogP contribution >= 0.6 is 0 Å². The van der Waals surface area contributed by atoms with E-state index in [1.54, 1.807) is 21.1 Å². The third-order valence-electron chi connectivity index (χ3n) is 11.2. The summed E-state index contributed by atoms with van der Waals surface area (Å²) in [5.41, 5.74) is 0. The van der Waals surface area contributed by atoms with E-state index in [0.29, 0.717) is 12.8 Å². The lowest BCUT2D eigenvalue weighted by Gasteiger charge is -2.34. The summed E-state index contributed by atoms with van der Waals surface area (Å²) in [6.45, 7) is 4.55. The largest absolute Gasteiger partial charge is 0.544 e. The van der Waals surface area contributed by atoms with Gasteiger partial charge in [-0.15, -0.1) is 0 Å². The third kappa shape index (κ3) is 43.8. The molecular formula is C55H95NO7. The van der Waals surface area contributed by atoms with Crippen LogP contribution in [0.3, 0.4) is 0 Å². The fourth-order valence-electron chi connectivity index (χ4n) is 7.21. The molecule has 0 aromatic rings. The van der Waals surface area contributed by atoms with Crippen molar-refractivity contribution in [2.45, 2.75) is 219 Å². The molecule has 8 nitrogen and oxygen atoms in total. The van der Waals surface area contributed by atoms with E-state index in [-0.39, 0.29) is 42.7 Å². The average molecular weight is 882 g/mol. The van der Waals surface area contributed by atoms with Crippen LogP contribution in [-0.2, 0) is 28.6 Å². The molecule has 63 heavy (non-hydrogen) atoms. The molecule has 0 saturated carbocycles. The molecule has 0 saturated heterocycles. The molecule has 2 unspecified atom stereocenters. The first-order valence-corrected chi connectivity index (χ1v) is 25.5. The minimum Gasteiger partial charge on any atom is -0.544 e. The predicted molar refractivity (Wildman–Crippen MR) is 263 cm³/mol. The maximum absolute atomic E-state index is 12.8. The second-order valence-electron chi connectivity index (χ2n) is 18.2. The maximum Gasteiger partial charge on any atom is 0.306 e. The predicted octanol–water partition coefficient (Wildman–Crippen LogP) is 13.4. The van der Waals surface area contributed by atoms with Crippen molar-refractivity contribution in [1.29, 1.82) is 0 Å². The normalized spacial score (nSPS) is 13.5. The number of carboxylic acids is 1. The van der Waals surface area contributed by atoms with Crippen molar-refractivity contribution in [3.8, 4) is 0 Å². The van der Waals surface area contributed by atoms with Crippen LogP contribution in [0.4, 0.5) is 0 Å². The molecule has 8 heteroatoms. The van der Waals surface area contributed by atoms with Crippen molar-refractivity contribution in [1.82, 2.24) is 0 Å². The van der Waals surface area contributed by atoms with E-state index in [4.69, 9.17) is 14.2 Å². The Morgan fingerprint density at radius 3 is 1.35 bits per heavy atom. The molecule has 0 fully saturated rings. The first-order valence-electron chi connectivity index (χ1n) is 25.5. The van der Waals surface area contributed by atoms with Gasteiger partial charge >= 0.3 is 11.9 Å². The van der Waals surface area contributed by atoms with Crippen molar-refractivity contribution in [3.63, 3.8) is 0 Å². The van der Waals surface area contributed by atoms with Crippen LogP contribution in [0.5, 0.6) is 0 Å². The zero-order chi connectivity index (χ0) is 46.3. The van der Waals surface area contributed by atoms with Gasteiger partial charge < -0.3 is 28.6 Å². The molecule has 0 heterocycles. The summed E-state index contributed by atoms with van der Waals surface area (Å²) in [6, 6.07) is -0.734. The summed E-state index contributed by atoms with van der Waals surface area (Å²) >= 11 is 0. The number of carboxylic acid groups (broad SMARTS) is 1. The highest BCUT2D eigenvalue weighted by Crippen LogP contribution is 2.15. The number of hydrogen-bond donors (Lipinski definition) is 0. The van der Waals surface area contributed by atoms with Crippen LogP contribution in [-0.4, -0.2) is 75.5 Å². The van der Waals surface area contributed by atoms with E-state index >= 15 is 0 Å². The van der Waals surface area contributed by atoms with Gasteiger partial charge in [0.2, 0.25) is 0 Å². The maximum atomic E-state index is 12.8. The van der Waals surface area contributed by atoms with Gasteiger partial charge in [0.25, 0.3) is 0 Å². The zero-order valence-corrected chi connectivity index (χ0v) is 41.2. The SMILES string of the molecule is CCC/C=C/C=C/C=C/C=C/C=C/CCCCCCCC(=O)OCC(COCCC(C(=O)[O-])[N+](C)(C)C)OC(=O)CCCCCCCCC/C=C/CCCCCCCCCCCC. The summed E-state index contributed by atoms with van der Waals surface area (Å²) in [5, 5.41) is 11.7. The second-order valence-corrected chi connectivity index (χ2v) is 18.2. The Labute approximate surface area is 387 Å². The first-order chi connectivity index (χ1) is 30.6. The summed E-state index contributed by atoms with van der Waals surface area (Å²) in [7, 11) is 5.40. The summed E-state index contributed by atoms with van der Waals surface area (Å²) < 4.78 is 17.2. The van der Waals surface area contributed by atoms with Gasteiger partial charge in [0.1, 0.15) is 12.6 Å². The molecule has 0 aromatic carbocycles. The Balaban J connectivity index is 4.31. The molecule has 0 aromatic heterocycles. The van der Waals surface area contributed by atoms with Gasteiger partial charge in [0.05, 0.1) is 40.3 Å². The van der Waals surface area contributed by atoms with E-state index < -0.39 is 18.1 Å². The minimum absolute atomic E-state index is 0.0275. The lowest BCUT2D eigenvalue weighted by Crippen LogP contribution is -2.55. The Hall–Kier alpha value is -3.23. The second kappa shape index (κ2) is 45.3. The van der Waals surface area contributed by atoms with Gasteiger partial charge in [0.15, 0.2) is 6.10 Å². The molecule has 0 aliphatic heterocycles. The monoisotopic (exact) mass is 882 g/mol. The van der Waals surface area contributed by atoms with Gasteiger partial charge in [-0.05, 0) is 57.8 Å². The molecule has 0 radical (unpaired) electrons. The number of carbonyl (C=O) groups is 3. The standard InChI is InChI=1S/C55H95NO7/c1-6-8-10-12-14-16-18-20-22-24-26-27-28-30-32-34-36-38-40-42-44-46-54(58)63-51(49-61-48-47-52(55(59)60)56(3,4)5)50-62-53(57)45-43-41-39-37-35-33-31-29-25-23-21-19-17-15-13-11-9-7-2/h11,13,15,17,19,21,23,25,27-29,31,51-52H,6-10,12,14,16,18,20,22,24,26,30,32-50H2,1-5H3/b13-11+,17-15+,21-19+,25-23+,28-27+,31-29+. The molecule has 362 valence electrons. The minimum atomic E-state index is -1.13. The number of nitrogens with zero attached hydrogens (tertiary/aromatic N) is 1. The number of allylic oxidation sites excluding steroid dienone is 12. The van der Waals surface area contributed by atoms with Gasteiger partial charge in [-0.3, -0.25) is 9.59 Å². The highest BCUT2D eigenvalue weighted by Gasteiger charge is 2.25. The average Bonchev–Trinajstić information content (AvgIpc) is 3.24. The van der Waals surface area contributed by atoms with E-state index in [1.165, 1.54) is 109 Å². The van der Waals surface area contributed by atoms with Gasteiger partial charge in [-0.2, -0.15) is 0 Å². The fourth-order valence-corrected chi connectivity index (χ4v) is 7.21. The highest BCUT2D eigenvalue weighted by atomic mass is 16.6. The fraction of sp³-hybridized carbons (Fsp3) is 0.727. The summed E-state index contributed by atoms with van der Waals surface area (Å²) in [5.74, 6) is -1.77. The molecule has 2 atom stereocenters. The molecule has 0 bridgehead atoms. The Bertz CT molecular complexity index is 1260. The number of unbranched alkanes of at least 4 members (excludes halogenated alkanes) is 23. The van der Waals surface area contributed by atoms with E-state index in [9.17, 15) is 19.5 Å². The number of likely N-dealkylation sites (N-methyl/N-ethyl adjacent to an activating group) is 1. The van der Waals surface area contributed by atoms with Crippen molar-refractivity contribution < 1.29 is 38.2 Å². The van der Waals surface area contributed by atoms with Crippen LogP contribution in [0.15, 0.2) is 72.9 Å². The number of quaternary nitrogens is 1. The molecule has 0 spiro atoms. The third-order valence-corrected chi connectivity index (χ3v) is 11.2. The number of ether oxygens (including phenoxy) is 3. The zero-order valence-electron chi connectivity index (χ0n) is 41.2. The van der Waals surface area contributed by atoms with Crippen LogP contribution in [0.2, 0.25) is 0 Å². The molecule has 0 amide bonds. The summed E-state index contributed by atoms with van der Waals surface area (Å²) in [4.78, 5) is 37.0. The van der Waals surface area contributed by atoms with Crippen LogP contribution < -0.4 is 5.11 Å². The van der Waals surface area contributed by atoms with Gasteiger partial charge in [0, 0.05) is 19.3 Å². The number of carbonyl (C=O) groups excluding carboxylic acids is 3. The summed E-state index contributed by atoms with van der Waals surface area (Å²) in [6.07, 6.45) is 57.8. The van der Waals surface area contributed by atoms with Crippen molar-refractivity contribution in [3.05, 3.63) is 72.9 Å². The smallest absolute Gasteiger partial charge is 0.306 e. The van der Waals surface area contributed by atoms with Crippen LogP contribution in [0, 0.1) is 0 Å². The van der Waals surface area contributed by atoms with Crippen molar-refractivity contribution in [2.24, 2.45) is 0 Å². The van der Waals surface area contributed by atoms with Crippen LogP contribution in [0.1, 0.15) is 206 Å². The number of rotatable bonds is 45. The number of hydrogen-bond acceptors (Lipinski definition) is 7. The molecule has 0 rings (SSSR count). The molecular weight excluding hydrogens is 787 g/mol. The van der Waals surface area contributed by atoms with Crippen molar-refractivity contribution >= 4 is 17.9 Å². The molecule has 0 aliphatic rings. The van der Waals surface area contributed by atoms with Crippen LogP contribution in [0.25, 0.3) is 0 Å². The Morgan fingerprint density at radius 1 is 0.476 bits per heavy atom. The van der Waals surface area contributed by atoms with E-state index in [2.05, 4.69) is 50.3 Å². The van der Waals surface area contributed by atoms with Crippen molar-refractivity contribution in [2.75, 3.05) is 41.0 Å². The van der Waals surface area contributed by atoms with E-state index in [0.717, 1.165) is 64.2 Å². The van der Waals surface area contributed by atoms with Gasteiger partial charge in [-0.1, -0.05) is 202 Å². The lowest BCUT2D eigenvalue weighted by atomic mass is 10.1.